The molecule has 1 aliphatic rings. The summed E-state index contributed by atoms with van der Waals surface area (Å²) < 4.78 is 0. The number of aryl methyl sites for hydroxylation is 2. The average molecular weight is 337 g/mol. The lowest BCUT2D eigenvalue weighted by Crippen LogP contribution is -2.11. The lowest BCUT2D eigenvalue weighted by molar-refractivity contribution is 0.103. The number of carbonyl (C=O) groups is 1. The molecule has 1 aromatic heterocycles. The molecule has 118 valence electrons. The monoisotopic (exact) mass is 336 g/mol. The van der Waals surface area contributed by atoms with Crippen LogP contribution >= 0.6 is 23.7 Å². The zero-order chi connectivity index (χ0) is 14.7. The predicted molar refractivity (Wildman–Crippen MR) is 95.4 cm³/mol. The molecule has 0 atom stereocenters. The van der Waals surface area contributed by atoms with Gasteiger partial charge in [-0.1, -0.05) is 12.1 Å². The van der Waals surface area contributed by atoms with Crippen molar-refractivity contribution in [1.29, 1.82) is 0 Å². The van der Waals surface area contributed by atoms with Crippen LogP contribution < -0.4 is 10.6 Å². The van der Waals surface area contributed by atoms with Gasteiger partial charge in [-0.05, 0) is 62.1 Å². The van der Waals surface area contributed by atoms with Gasteiger partial charge in [0.25, 0.3) is 5.91 Å². The number of halogens is 1. The van der Waals surface area contributed by atoms with Gasteiger partial charge in [-0.15, -0.1) is 23.7 Å². The molecule has 0 saturated heterocycles. The molecule has 3 rings (SSSR count). The maximum Gasteiger partial charge on any atom is 0.265 e. The number of nitrogens with one attached hydrogen (secondary N) is 2. The van der Waals surface area contributed by atoms with Crippen molar-refractivity contribution in [2.45, 2.75) is 32.2 Å². The van der Waals surface area contributed by atoms with Crippen molar-refractivity contribution in [3.05, 3.63) is 51.2 Å². The molecule has 0 fully saturated rings. The van der Waals surface area contributed by atoms with E-state index in [1.807, 2.05) is 25.2 Å². The SMILES string of the molecule is CNCc1cccc(NC(=O)c2cc3c(s2)CCCC3)c1.Cl. The van der Waals surface area contributed by atoms with Crippen LogP contribution in [0.4, 0.5) is 5.69 Å². The molecule has 0 spiro atoms. The third kappa shape index (κ3) is 3.88. The number of thiophene rings is 1. The van der Waals surface area contributed by atoms with Crippen molar-refractivity contribution in [2.75, 3.05) is 12.4 Å². The van der Waals surface area contributed by atoms with Gasteiger partial charge in [0.2, 0.25) is 0 Å². The lowest BCUT2D eigenvalue weighted by atomic mass is 9.99. The minimum absolute atomic E-state index is 0. The number of hydrogen-bond acceptors (Lipinski definition) is 3. The standard InChI is InChI=1S/C17H20N2OS.ClH/c1-18-11-12-5-4-7-14(9-12)19-17(20)16-10-13-6-2-3-8-15(13)21-16;/h4-5,7,9-10,18H,2-3,6,8,11H2,1H3,(H,19,20);1H. The van der Waals surface area contributed by atoms with E-state index >= 15 is 0 Å². The highest BCUT2D eigenvalue weighted by Gasteiger charge is 2.17. The summed E-state index contributed by atoms with van der Waals surface area (Å²) in [5.41, 5.74) is 3.40. The fraction of sp³-hybridized carbons (Fsp3) is 0.353. The minimum Gasteiger partial charge on any atom is -0.321 e. The number of benzene rings is 1. The second-order valence-corrected chi connectivity index (χ2v) is 6.59. The highest BCUT2D eigenvalue weighted by atomic mass is 35.5. The Morgan fingerprint density at radius 2 is 2.05 bits per heavy atom. The molecule has 1 aliphatic carbocycles. The molecular formula is C17H21ClN2OS. The van der Waals surface area contributed by atoms with E-state index in [1.54, 1.807) is 11.3 Å². The van der Waals surface area contributed by atoms with Crippen LogP contribution in [0.5, 0.6) is 0 Å². The largest absolute Gasteiger partial charge is 0.321 e. The highest BCUT2D eigenvalue weighted by molar-refractivity contribution is 7.14. The summed E-state index contributed by atoms with van der Waals surface area (Å²) in [6, 6.07) is 10.1. The number of hydrogen-bond donors (Lipinski definition) is 2. The van der Waals surface area contributed by atoms with Crippen LogP contribution in [0, 0.1) is 0 Å². The van der Waals surface area contributed by atoms with Gasteiger partial charge in [-0.2, -0.15) is 0 Å². The van der Waals surface area contributed by atoms with Crippen molar-refractivity contribution in [3.63, 3.8) is 0 Å². The molecule has 0 radical (unpaired) electrons. The van der Waals surface area contributed by atoms with Gasteiger partial charge in [-0.3, -0.25) is 4.79 Å². The van der Waals surface area contributed by atoms with Crippen LogP contribution in [0.2, 0.25) is 0 Å². The Bertz CT molecular complexity index is 630. The van der Waals surface area contributed by atoms with Crippen molar-refractivity contribution >= 4 is 35.3 Å². The van der Waals surface area contributed by atoms with Crippen LogP contribution in [0.3, 0.4) is 0 Å². The quantitative estimate of drug-likeness (QED) is 0.885. The Morgan fingerprint density at radius 1 is 1.23 bits per heavy atom. The van der Waals surface area contributed by atoms with Gasteiger partial charge in [0.15, 0.2) is 0 Å². The Kier molecular flexibility index (Phi) is 6.00. The van der Waals surface area contributed by atoms with E-state index in [1.165, 1.54) is 28.8 Å². The smallest absolute Gasteiger partial charge is 0.265 e. The number of amides is 1. The van der Waals surface area contributed by atoms with Crippen molar-refractivity contribution in [3.8, 4) is 0 Å². The second-order valence-electron chi connectivity index (χ2n) is 5.45. The van der Waals surface area contributed by atoms with Crippen LogP contribution in [-0.2, 0) is 19.4 Å². The van der Waals surface area contributed by atoms with Crippen LogP contribution in [0.25, 0.3) is 0 Å². The van der Waals surface area contributed by atoms with Gasteiger partial charge >= 0.3 is 0 Å². The molecule has 0 bridgehead atoms. The summed E-state index contributed by atoms with van der Waals surface area (Å²) in [6.07, 6.45) is 4.75. The molecule has 0 saturated carbocycles. The van der Waals surface area contributed by atoms with E-state index in [0.29, 0.717) is 0 Å². The first-order chi connectivity index (χ1) is 10.3. The normalized spacial score (nSPS) is 13.1. The van der Waals surface area contributed by atoms with E-state index in [9.17, 15) is 4.79 Å². The molecule has 5 heteroatoms. The highest BCUT2D eigenvalue weighted by Crippen LogP contribution is 2.30. The van der Waals surface area contributed by atoms with Gasteiger partial charge < -0.3 is 10.6 Å². The zero-order valence-electron chi connectivity index (χ0n) is 12.6. The second kappa shape index (κ2) is 7.77. The summed E-state index contributed by atoms with van der Waals surface area (Å²) in [5, 5.41) is 6.13. The van der Waals surface area contributed by atoms with Crippen LogP contribution in [0.1, 0.15) is 38.5 Å². The molecule has 0 unspecified atom stereocenters. The Balaban J connectivity index is 0.00000176. The lowest BCUT2D eigenvalue weighted by Gasteiger charge is -2.08. The molecule has 0 aliphatic heterocycles. The average Bonchev–Trinajstić information content (AvgIpc) is 2.92. The van der Waals surface area contributed by atoms with E-state index in [-0.39, 0.29) is 18.3 Å². The summed E-state index contributed by atoms with van der Waals surface area (Å²) in [7, 11) is 1.92. The Morgan fingerprint density at radius 3 is 2.82 bits per heavy atom. The number of carbonyl (C=O) groups excluding carboxylic acids is 1. The van der Waals surface area contributed by atoms with Gasteiger partial charge in [0.05, 0.1) is 4.88 Å². The van der Waals surface area contributed by atoms with E-state index < -0.39 is 0 Å². The van der Waals surface area contributed by atoms with Gasteiger partial charge in [0.1, 0.15) is 0 Å². The summed E-state index contributed by atoms with van der Waals surface area (Å²) in [5.74, 6) is 0.0102. The molecule has 2 aromatic rings. The first-order valence-electron chi connectivity index (χ1n) is 7.43. The number of rotatable bonds is 4. The maximum atomic E-state index is 12.4. The van der Waals surface area contributed by atoms with E-state index in [4.69, 9.17) is 0 Å². The molecule has 3 nitrogen and oxygen atoms in total. The summed E-state index contributed by atoms with van der Waals surface area (Å²) in [4.78, 5) is 14.6. The van der Waals surface area contributed by atoms with Crippen molar-refractivity contribution in [2.24, 2.45) is 0 Å². The first-order valence-corrected chi connectivity index (χ1v) is 8.24. The third-order valence-corrected chi connectivity index (χ3v) is 5.02. The third-order valence-electron chi connectivity index (χ3n) is 3.79. The number of anilines is 1. The maximum absolute atomic E-state index is 12.4. The molecule has 1 amide bonds. The summed E-state index contributed by atoms with van der Waals surface area (Å²) >= 11 is 1.65. The van der Waals surface area contributed by atoms with Crippen molar-refractivity contribution in [1.82, 2.24) is 5.32 Å². The molecule has 1 heterocycles. The molecular weight excluding hydrogens is 316 g/mol. The molecule has 1 aromatic carbocycles. The van der Waals surface area contributed by atoms with Crippen LogP contribution in [-0.4, -0.2) is 13.0 Å². The fourth-order valence-corrected chi connectivity index (χ4v) is 3.91. The topological polar surface area (TPSA) is 41.1 Å². The number of fused-ring (bicyclic) bond motifs is 1. The van der Waals surface area contributed by atoms with Gasteiger partial charge in [-0.25, -0.2) is 0 Å². The van der Waals surface area contributed by atoms with E-state index in [2.05, 4.69) is 22.8 Å². The Labute approximate surface area is 141 Å². The van der Waals surface area contributed by atoms with E-state index in [0.717, 1.165) is 30.0 Å². The molecule has 22 heavy (non-hydrogen) atoms. The van der Waals surface area contributed by atoms with Crippen LogP contribution in [0.15, 0.2) is 30.3 Å². The minimum atomic E-state index is 0. The Hall–Kier alpha value is -1.36. The van der Waals surface area contributed by atoms with Crippen molar-refractivity contribution < 1.29 is 4.79 Å². The fourth-order valence-electron chi connectivity index (χ4n) is 2.76. The zero-order valence-corrected chi connectivity index (χ0v) is 14.3. The predicted octanol–water partition coefficient (Wildman–Crippen LogP) is 4.02. The van der Waals surface area contributed by atoms with Gasteiger partial charge in [0, 0.05) is 17.1 Å². The first kappa shape index (κ1) is 17.0. The summed E-state index contributed by atoms with van der Waals surface area (Å²) in [6.45, 7) is 0.803. The molecule has 2 N–H and O–H groups in total.